The molecule has 0 fully saturated rings. The molecule has 134 valence electrons. The Morgan fingerprint density at radius 1 is 1.15 bits per heavy atom. The first kappa shape index (κ1) is 19.5. The average molecular weight is 368 g/mol. The average Bonchev–Trinajstić information content (AvgIpc) is 2.56. The first-order valence-electron chi connectivity index (χ1n) is 8.07. The van der Waals surface area contributed by atoms with Crippen molar-refractivity contribution >= 4 is 35.0 Å². The van der Waals surface area contributed by atoms with Gasteiger partial charge in [0.2, 0.25) is 11.8 Å². The molecule has 0 unspecified atom stereocenters. The highest BCUT2D eigenvalue weighted by molar-refractivity contribution is 7.99. The molecule has 2 amide bonds. The molecule has 0 radical (unpaired) electrons. The number of benzene rings is 1. The van der Waals surface area contributed by atoms with E-state index in [4.69, 9.17) is 0 Å². The zero-order valence-electron chi connectivity index (χ0n) is 14.9. The molecule has 0 bridgehead atoms. The molecule has 0 saturated heterocycles. The number of carbonyl (C=O) groups is 2. The number of anilines is 2. The summed E-state index contributed by atoms with van der Waals surface area (Å²) < 4.78 is 0. The van der Waals surface area contributed by atoms with Crippen molar-refractivity contribution < 1.29 is 9.59 Å². The largest absolute Gasteiger partial charge is 0.326 e. The third-order valence-electron chi connectivity index (χ3n) is 3.48. The monoisotopic (exact) mass is 368 g/mol. The molecule has 2 N–H and O–H groups in total. The number of carbonyl (C=O) groups excluding carboxylic acids is 2. The van der Waals surface area contributed by atoms with Gasteiger partial charge in [-0.2, -0.15) is 5.26 Å². The molecule has 7 heteroatoms. The van der Waals surface area contributed by atoms with Crippen molar-refractivity contribution in [1.29, 1.82) is 5.26 Å². The van der Waals surface area contributed by atoms with Crippen molar-refractivity contribution in [2.45, 2.75) is 32.2 Å². The maximum absolute atomic E-state index is 12.1. The van der Waals surface area contributed by atoms with Gasteiger partial charge in [-0.3, -0.25) is 9.59 Å². The van der Waals surface area contributed by atoms with Gasteiger partial charge in [0.05, 0.1) is 5.56 Å². The predicted molar refractivity (Wildman–Crippen MR) is 103 cm³/mol. The van der Waals surface area contributed by atoms with E-state index in [1.807, 2.05) is 19.9 Å². The van der Waals surface area contributed by atoms with Gasteiger partial charge < -0.3 is 10.6 Å². The highest BCUT2D eigenvalue weighted by Crippen LogP contribution is 2.24. The van der Waals surface area contributed by atoms with E-state index in [1.54, 1.807) is 24.3 Å². The molecule has 1 heterocycles. The number of hydrogen-bond acceptors (Lipinski definition) is 5. The molecule has 6 nitrogen and oxygen atoms in total. The van der Waals surface area contributed by atoms with Crippen LogP contribution in [0.1, 0.15) is 30.2 Å². The van der Waals surface area contributed by atoms with Gasteiger partial charge in [0.25, 0.3) is 0 Å². The smallest absolute Gasteiger partial charge is 0.225 e. The van der Waals surface area contributed by atoms with Gasteiger partial charge in [-0.05, 0) is 49.7 Å². The summed E-state index contributed by atoms with van der Waals surface area (Å²) in [4.78, 5) is 27.5. The normalized spacial score (nSPS) is 10.1. The number of thioether (sulfide) groups is 1. The van der Waals surface area contributed by atoms with Gasteiger partial charge in [-0.15, -0.1) is 11.8 Å². The minimum atomic E-state index is -0.143. The Kier molecular flexibility index (Phi) is 6.75. The molecular weight excluding hydrogens is 348 g/mol. The maximum atomic E-state index is 12.1. The molecular formula is C19H20N4O2S. The zero-order chi connectivity index (χ0) is 19.1. The van der Waals surface area contributed by atoms with Crippen LogP contribution in [-0.4, -0.2) is 22.6 Å². The maximum Gasteiger partial charge on any atom is 0.225 e. The molecule has 26 heavy (non-hydrogen) atoms. The summed E-state index contributed by atoms with van der Waals surface area (Å²) in [5.41, 5.74) is 3.65. The number of nitrogens with zero attached hydrogens (tertiary/aromatic N) is 2. The molecule has 0 spiro atoms. The third kappa shape index (κ3) is 5.60. The van der Waals surface area contributed by atoms with E-state index in [0.717, 1.165) is 11.3 Å². The van der Waals surface area contributed by atoms with Gasteiger partial charge in [-0.1, -0.05) is 0 Å². The van der Waals surface area contributed by atoms with E-state index in [2.05, 4.69) is 21.7 Å². The van der Waals surface area contributed by atoms with Gasteiger partial charge in [0.1, 0.15) is 11.1 Å². The topological polar surface area (TPSA) is 94.9 Å². The van der Waals surface area contributed by atoms with Gasteiger partial charge in [-0.25, -0.2) is 4.98 Å². The second-order valence-electron chi connectivity index (χ2n) is 5.78. The van der Waals surface area contributed by atoms with Crippen LogP contribution in [0.4, 0.5) is 11.4 Å². The minimum absolute atomic E-state index is 0.118. The van der Waals surface area contributed by atoms with Crippen LogP contribution in [0.25, 0.3) is 0 Å². The summed E-state index contributed by atoms with van der Waals surface area (Å²) in [7, 11) is 0. The van der Waals surface area contributed by atoms with E-state index in [1.165, 1.54) is 18.7 Å². The second kappa shape index (κ2) is 9.02. The number of rotatable bonds is 6. The van der Waals surface area contributed by atoms with Crippen LogP contribution in [0, 0.1) is 25.2 Å². The van der Waals surface area contributed by atoms with Crippen LogP contribution in [0.15, 0.2) is 35.4 Å². The SMILES string of the molecule is CC(=O)Nc1ccc(NC(=O)CCSc2nc(C)cc(C)c2C#N)cc1. The standard InChI is InChI=1S/C19H20N4O2S/c1-12-10-13(2)21-19(17(12)11-20)26-9-8-18(25)23-16-6-4-15(5-7-16)22-14(3)24/h4-7,10H,8-9H2,1-3H3,(H,22,24)(H,23,25). The van der Waals surface area contributed by atoms with Crippen molar-refractivity contribution in [1.82, 2.24) is 4.98 Å². The van der Waals surface area contributed by atoms with Crippen molar-refractivity contribution in [3.05, 3.63) is 47.2 Å². The quantitative estimate of drug-likeness (QED) is 0.759. The lowest BCUT2D eigenvalue weighted by Gasteiger charge is -2.08. The van der Waals surface area contributed by atoms with Crippen molar-refractivity contribution in [3.8, 4) is 6.07 Å². The van der Waals surface area contributed by atoms with E-state index >= 15 is 0 Å². The first-order chi connectivity index (χ1) is 12.4. The van der Waals surface area contributed by atoms with Crippen molar-refractivity contribution in [3.63, 3.8) is 0 Å². The number of nitriles is 1. The highest BCUT2D eigenvalue weighted by Gasteiger charge is 2.10. The highest BCUT2D eigenvalue weighted by atomic mass is 32.2. The Morgan fingerprint density at radius 2 is 1.77 bits per heavy atom. The molecule has 1 aromatic heterocycles. The Hall–Kier alpha value is -2.85. The summed E-state index contributed by atoms with van der Waals surface area (Å²) in [6, 6.07) is 11.0. The van der Waals surface area contributed by atoms with Crippen LogP contribution < -0.4 is 10.6 Å². The molecule has 0 aliphatic rings. The van der Waals surface area contributed by atoms with Crippen LogP contribution in [-0.2, 0) is 9.59 Å². The van der Waals surface area contributed by atoms with E-state index < -0.39 is 0 Å². The Bertz CT molecular complexity index is 857. The summed E-state index contributed by atoms with van der Waals surface area (Å²) in [6.45, 7) is 5.21. The van der Waals surface area contributed by atoms with Gasteiger partial charge in [0.15, 0.2) is 0 Å². The molecule has 2 rings (SSSR count). The van der Waals surface area contributed by atoms with Crippen LogP contribution >= 0.6 is 11.8 Å². The number of pyridine rings is 1. The zero-order valence-corrected chi connectivity index (χ0v) is 15.7. The van der Waals surface area contributed by atoms with Crippen molar-refractivity contribution in [2.24, 2.45) is 0 Å². The lowest BCUT2D eigenvalue weighted by molar-refractivity contribution is -0.116. The number of amides is 2. The van der Waals surface area contributed by atoms with E-state index in [0.29, 0.717) is 34.1 Å². The summed E-state index contributed by atoms with van der Waals surface area (Å²) in [5.74, 6) is 0.267. The third-order valence-corrected chi connectivity index (χ3v) is 4.46. The van der Waals surface area contributed by atoms with E-state index in [9.17, 15) is 14.9 Å². The summed E-state index contributed by atoms with van der Waals surface area (Å²) in [5, 5.41) is 15.4. The predicted octanol–water partition coefficient (Wildman–Crippen LogP) is 3.65. The van der Waals surface area contributed by atoms with Gasteiger partial charge >= 0.3 is 0 Å². The fraction of sp³-hybridized carbons (Fsp3) is 0.263. The second-order valence-corrected chi connectivity index (χ2v) is 6.86. The van der Waals surface area contributed by atoms with Crippen LogP contribution in [0.5, 0.6) is 0 Å². The Labute approximate surface area is 157 Å². The van der Waals surface area contributed by atoms with Crippen molar-refractivity contribution in [2.75, 3.05) is 16.4 Å². The Morgan fingerprint density at radius 3 is 2.35 bits per heavy atom. The summed E-state index contributed by atoms with van der Waals surface area (Å²) in [6.07, 6.45) is 0.303. The first-order valence-corrected chi connectivity index (χ1v) is 9.06. The minimum Gasteiger partial charge on any atom is -0.326 e. The molecule has 0 atom stereocenters. The lowest BCUT2D eigenvalue weighted by Crippen LogP contribution is -2.12. The van der Waals surface area contributed by atoms with Crippen LogP contribution in [0.2, 0.25) is 0 Å². The Balaban J connectivity index is 1.88. The van der Waals surface area contributed by atoms with Gasteiger partial charge in [0, 0.05) is 36.2 Å². The molecule has 0 aliphatic heterocycles. The van der Waals surface area contributed by atoms with E-state index in [-0.39, 0.29) is 11.8 Å². The number of aromatic nitrogens is 1. The molecule has 0 aliphatic carbocycles. The number of nitrogens with one attached hydrogen (secondary N) is 2. The molecule has 2 aromatic rings. The molecule has 1 aromatic carbocycles. The number of hydrogen-bond donors (Lipinski definition) is 2. The fourth-order valence-corrected chi connectivity index (χ4v) is 3.39. The van der Waals surface area contributed by atoms with Crippen LogP contribution in [0.3, 0.4) is 0 Å². The summed E-state index contributed by atoms with van der Waals surface area (Å²) >= 11 is 1.41. The molecule has 0 saturated carbocycles. The fourth-order valence-electron chi connectivity index (χ4n) is 2.35. The number of aryl methyl sites for hydroxylation is 2. The lowest BCUT2D eigenvalue weighted by atomic mass is 10.1.